The number of carbonyl (C=O) groups is 1. The second-order valence-electron chi connectivity index (χ2n) is 5.01. The Morgan fingerprint density at radius 2 is 2.18 bits per heavy atom. The van der Waals surface area contributed by atoms with Crippen molar-refractivity contribution in [2.75, 3.05) is 32.7 Å². The molecule has 1 atom stereocenters. The number of rotatable bonds is 2. The summed E-state index contributed by atoms with van der Waals surface area (Å²) in [6.45, 7) is 5.52. The Kier molecular flexibility index (Phi) is 3.27. The van der Waals surface area contributed by atoms with Crippen molar-refractivity contribution in [3.63, 3.8) is 0 Å². The third-order valence-electron chi connectivity index (χ3n) is 3.72. The molecule has 92 valence electrons. The van der Waals surface area contributed by atoms with Gasteiger partial charge in [0.15, 0.2) is 5.78 Å². The van der Waals surface area contributed by atoms with Gasteiger partial charge in [-0.3, -0.25) is 4.79 Å². The lowest BCUT2D eigenvalue weighted by molar-refractivity contribution is 0.0928. The molecule has 2 aliphatic rings. The van der Waals surface area contributed by atoms with Crippen LogP contribution in [0.3, 0.4) is 0 Å². The smallest absolute Gasteiger partial charge is 0.164 e. The predicted octanol–water partition coefficient (Wildman–Crippen LogP) is 1.40. The van der Waals surface area contributed by atoms with Gasteiger partial charge in [0.25, 0.3) is 0 Å². The zero-order valence-electron chi connectivity index (χ0n) is 9.95. The summed E-state index contributed by atoms with van der Waals surface area (Å²) in [7, 11) is 0. The van der Waals surface area contributed by atoms with E-state index in [-0.39, 0.29) is 0 Å². The van der Waals surface area contributed by atoms with E-state index in [0.29, 0.717) is 11.7 Å². The van der Waals surface area contributed by atoms with Crippen molar-refractivity contribution in [3.05, 3.63) is 21.9 Å². The highest BCUT2D eigenvalue weighted by Crippen LogP contribution is 2.30. The van der Waals surface area contributed by atoms with E-state index in [1.54, 1.807) is 11.3 Å². The van der Waals surface area contributed by atoms with Gasteiger partial charge in [-0.25, -0.2) is 0 Å². The number of carbonyl (C=O) groups excluding carboxylic acids is 1. The predicted molar refractivity (Wildman–Crippen MR) is 69.8 cm³/mol. The van der Waals surface area contributed by atoms with Gasteiger partial charge in [-0.05, 0) is 23.8 Å². The standard InChI is InChI=1S/C13H18N2OS/c16-12-7-10(8-13-11(12)1-6-17-13)9-15-4-2-14-3-5-15/h1,6,10,14H,2-5,7-9H2/t10-/m1/s1. The summed E-state index contributed by atoms with van der Waals surface area (Å²) >= 11 is 1.74. The van der Waals surface area contributed by atoms with Gasteiger partial charge in [0.05, 0.1) is 0 Å². The monoisotopic (exact) mass is 250 g/mol. The molecule has 1 aromatic rings. The summed E-state index contributed by atoms with van der Waals surface area (Å²) in [5, 5.41) is 5.42. The normalized spacial score (nSPS) is 25.9. The molecule has 3 nitrogen and oxygen atoms in total. The molecule has 3 rings (SSSR count). The van der Waals surface area contributed by atoms with E-state index < -0.39 is 0 Å². The highest BCUT2D eigenvalue weighted by atomic mass is 32.1. The molecular weight excluding hydrogens is 232 g/mol. The first kappa shape index (κ1) is 11.4. The zero-order chi connectivity index (χ0) is 11.7. The van der Waals surface area contributed by atoms with Crippen LogP contribution in [-0.4, -0.2) is 43.4 Å². The molecule has 0 aromatic carbocycles. The molecule has 17 heavy (non-hydrogen) atoms. The maximum atomic E-state index is 12.0. The Bertz CT molecular complexity index is 409. The van der Waals surface area contributed by atoms with Crippen LogP contribution in [0.4, 0.5) is 0 Å². The molecule has 0 bridgehead atoms. The summed E-state index contributed by atoms with van der Waals surface area (Å²) in [6.07, 6.45) is 1.84. The van der Waals surface area contributed by atoms with Crippen LogP contribution in [-0.2, 0) is 6.42 Å². The Morgan fingerprint density at radius 3 is 3.00 bits per heavy atom. The van der Waals surface area contributed by atoms with Gasteiger partial charge in [-0.1, -0.05) is 0 Å². The highest BCUT2D eigenvalue weighted by molar-refractivity contribution is 7.10. The van der Waals surface area contributed by atoms with Crippen molar-refractivity contribution in [1.29, 1.82) is 0 Å². The number of hydrogen-bond acceptors (Lipinski definition) is 4. The van der Waals surface area contributed by atoms with Gasteiger partial charge in [-0.15, -0.1) is 11.3 Å². The van der Waals surface area contributed by atoms with Crippen LogP contribution in [0.15, 0.2) is 11.4 Å². The number of thiophene rings is 1. The fourth-order valence-corrected chi connectivity index (χ4v) is 3.85. The van der Waals surface area contributed by atoms with Crippen molar-refractivity contribution in [2.24, 2.45) is 5.92 Å². The average molecular weight is 250 g/mol. The van der Waals surface area contributed by atoms with Crippen LogP contribution in [0.25, 0.3) is 0 Å². The number of Topliss-reactive ketones (excluding diaryl/α,β-unsaturated/α-hetero) is 1. The number of ketones is 1. The van der Waals surface area contributed by atoms with E-state index in [9.17, 15) is 4.79 Å². The summed E-state index contributed by atoms with van der Waals surface area (Å²) in [4.78, 5) is 15.8. The minimum atomic E-state index is 0.354. The summed E-state index contributed by atoms with van der Waals surface area (Å²) in [6, 6.07) is 1.99. The Hall–Kier alpha value is -0.710. The summed E-state index contributed by atoms with van der Waals surface area (Å²) < 4.78 is 0. The second kappa shape index (κ2) is 4.88. The number of nitrogens with one attached hydrogen (secondary N) is 1. The molecule has 0 saturated carbocycles. The summed E-state index contributed by atoms with van der Waals surface area (Å²) in [5.74, 6) is 0.888. The largest absolute Gasteiger partial charge is 0.314 e. The molecular formula is C13H18N2OS. The first-order valence-electron chi connectivity index (χ1n) is 6.35. The van der Waals surface area contributed by atoms with E-state index >= 15 is 0 Å². The second-order valence-corrected chi connectivity index (χ2v) is 6.01. The number of hydrogen-bond donors (Lipinski definition) is 1. The third kappa shape index (κ3) is 2.44. The van der Waals surface area contributed by atoms with Crippen molar-refractivity contribution in [1.82, 2.24) is 10.2 Å². The lowest BCUT2D eigenvalue weighted by Crippen LogP contribution is -2.46. The maximum absolute atomic E-state index is 12.0. The van der Waals surface area contributed by atoms with Gasteiger partial charge in [0, 0.05) is 49.6 Å². The summed E-state index contributed by atoms with van der Waals surface area (Å²) in [5.41, 5.74) is 0.992. The van der Waals surface area contributed by atoms with Gasteiger partial charge in [0.2, 0.25) is 0 Å². The van der Waals surface area contributed by atoms with Crippen molar-refractivity contribution in [3.8, 4) is 0 Å². The van der Waals surface area contributed by atoms with E-state index in [2.05, 4.69) is 15.6 Å². The van der Waals surface area contributed by atoms with E-state index in [0.717, 1.165) is 51.1 Å². The van der Waals surface area contributed by atoms with Crippen LogP contribution in [0.1, 0.15) is 21.7 Å². The quantitative estimate of drug-likeness (QED) is 0.861. The molecule has 1 aromatic heterocycles. The van der Waals surface area contributed by atoms with Crippen LogP contribution in [0, 0.1) is 5.92 Å². The molecule has 0 spiro atoms. The highest BCUT2D eigenvalue weighted by Gasteiger charge is 2.27. The van der Waals surface area contributed by atoms with Crippen LogP contribution < -0.4 is 5.32 Å². The lowest BCUT2D eigenvalue weighted by atomic mass is 9.87. The fourth-order valence-electron chi connectivity index (χ4n) is 2.84. The van der Waals surface area contributed by atoms with Gasteiger partial charge in [-0.2, -0.15) is 0 Å². The van der Waals surface area contributed by atoms with Crippen LogP contribution >= 0.6 is 11.3 Å². The van der Waals surface area contributed by atoms with E-state index in [4.69, 9.17) is 0 Å². The van der Waals surface area contributed by atoms with Gasteiger partial charge in [0.1, 0.15) is 0 Å². The molecule has 1 aliphatic carbocycles. The zero-order valence-corrected chi connectivity index (χ0v) is 10.8. The minimum absolute atomic E-state index is 0.354. The van der Waals surface area contributed by atoms with Gasteiger partial charge < -0.3 is 10.2 Å². The Balaban J connectivity index is 1.64. The molecule has 1 N–H and O–H groups in total. The number of piperazine rings is 1. The third-order valence-corrected chi connectivity index (χ3v) is 4.66. The van der Waals surface area contributed by atoms with Gasteiger partial charge >= 0.3 is 0 Å². The molecule has 4 heteroatoms. The fraction of sp³-hybridized carbons (Fsp3) is 0.615. The molecule has 0 radical (unpaired) electrons. The number of nitrogens with zero attached hydrogens (tertiary/aromatic N) is 1. The molecule has 0 unspecified atom stereocenters. The van der Waals surface area contributed by atoms with E-state index in [1.807, 2.05) is 6.07 Å². The van der Waals surface area contributed by atoms with Crippen molar-refractivity contribution < 1.29 is 4.79 Å². The molecule has 2 heterocycles. The average Bonchev–Trinajstić information content (AvgIpc) is 2.79. The maximum Gasteiger partial charge on any atom is 0.164 e. The van der Waals surface area contributed by atoms with Crippen LogP contribution in [0.5, 0.6) is 0 Å². The van der Waals surface area contributed by atoms with E-state index in [1.165, 1.54) is 4.88 Å². The Morgan fingerprint density at radius 1 is 1.35 bits per heavy atom. The molecule has 0 amide bonds. The topological polar surface area (TPSA) is 32.3 Å². The lowest BCUT2D eigenvalue weighted by Gasteiger charge is -2.32. The molecule has 1 aliphatic heterocycles. The van der Waals surface area contributed by atoms with Crippen molar-refractivity contribution >= 4 is 17.1 Å². The number of fused-ring (bicyclic) bond motifs is 1. The first-order chi connectivity index (χ1) is 8.33. The minimum Gasteiger partial charge on any atom is -0.314 e. The van der Waals surface area contributed by atoms with Crippen LogP contribution in [0.2, 0.25) is 0 Å². The molecule has 1 fully saturated rings. The Labute approximate surface area is 106 Å². The SMILES string of the molecule is O=C1C[C@@H](CN2CCNCC2)Cc2sccc21. The molecule has 1 saturated heterocycles. The first-order valence-corrected chi connectivity index (χ1v) is 7.23. The van der Waals surface area contributed by atoms with Crippen molar-refractivity contribution in [2.45, 2.75) is 12.8 Å².